The Morgan fingerprint density at radius 1 is 1.27 bits per heavy atom. The van der Waals surface area contributed by atoms with Crippen LogP contribution in [0.1, 0.15) is 26.7 Å². The molecule has 0 spiro atoms. The van der Waals surface area contributed by atoms with Gasteiger partial charge in [-0.05, 0) is 0 Å². The third-order valence-corrected chi connectivity index (χ3v) is 0.789. The molecule has 0 fully saturated rings. The lowest BCUT2D eigenvalue weighted by Gasteiger charge is -1.81. The fourth-order valence-electron chi connectivity index (χ4n) is 0.250. The molecule has 0 heterocycles. The molecule has 0 aromatic carbocycles. The Kier molecular flexibility index (Phi) is 7.55. The van der Waals surface area contributed by atoms with Crippen LogP contribution >= 0.6 is 0 Å². The van der Waals surface area contributed by atoms with Crippen LogP contribution in [0.15, 0.2) is 0 Å². The zero-order valence-electron chi connectivity index (χ0n) is 6.99. The molecule has 0 amide bonds. The van der Waals surface area contributed by atoms with E-state index in [2.05, 4.69) is 0 Å². The van der Waals surface area contributed by atoms with Gasteiger partial charge in [0.25, 0.3) is 10.1 Å². The summed E-state index contributed by atoms with van der Waals surface area (Å²) in [5.41, 5.74) is 0. The SMILES string of the molecule is CCC(=O)CC.CS(=O)(=O)O. The van der Waals surface area contributed by atoms with E-state index >= 15 is 0 Å². The summed E-state index contributed by atoms with van der Waals surface area (Å²) in [6, 6.07) is 0. The molecule has 0 aromatic rings. The standard InChI is InChI=1S/C5H10O.CH4O3S/c1-3-5(6)4-2;1-5(2,3)4/h3-4H2,1-2H3;1H3,(H,2,3,4). The van der Waals surface area contributed by atoms with Gasteiger partial charge in [0.15, 0.2) is 0 Å². The number of Topliss-reactive ketones (excluding diaryl/α,β-unsaturated/α-hetero) is 1. The van der Waals surface area contributed by atoms with E-state index in [0.29, 0.717) is 24.9 Å². The number of hydrogen-bond donors (Lipinski definition) is 1. The molecule has 0 atom stereocenters. The molecular weight excluding hydrogens is 168 g/mol. The first-order chi connectivity index (χ1) is 4.81. The first kappa shape index (κ1) is 13.2. The van der Waals surface area contributed by atoms with Gasteiger partial charge in [-0.1, -0.05) is 13.8 Å². The zero-order chi connectivity index (χ0) is 9.49. The van der Waals surface area contributed by atoms with Crippen LogP contribution < -0.4 is 0 Å². The molecule has 4 nitrogen and oxygen atoms in total. The summed E-state index contributed by atoms with van der Waals surface area (Å²) in [5, 5.41) is 0. The predicted molar refractivity (Wildman–Crippen MR) is 43.1 cm³/mol. The van der Waals surface area contributed by atoms with Gasteiger partial charge >= 0.3 is 0 Å². The largest absolute Gasteiger partial charge is 0.300 e. The molecule has 0 aliphatic carbocycles. The first-order valence-corrected chi connectivity index (χ1v) is 5.10. The maximum atomic E-state index is 10.2. The van der Waals surface area contributed by atoms with Crippen LogP contribution in [0.4, 0.5) is 0 Å². The van der Waals surface area contributed by atoms with Crippen molar-refractivity contribution in [2.45, 2.75) is 26.7 Å². The third-order valence-electron chi connectivity index (χ3n) is 0.789. The summed E-state index contributed by atoms with van der Waals surface area (Å²) in [4.78, 5) is 10.2. The van der Waals surface area contributed by atoms with Gasteiger partial charge in [-0.15, -0.1) is 0 Å². The van der Waals surface area contributed by atoms with Crippen LogP contribution in [-0.2, 0) is 14.9 Å². The highest BCUT2D eigenvalue weighted by Gasteiger charge is 1.86. The quantitative estimate of drug-likeness (QED) is 0.643. The monoisotopic (exact) mass is 182 g/mol. The lowest BCUT2D eigenvalue weighted by atomic mass is 10.3. The lowest BCUT2D eigenvalue weighted by molar-refractivity contribution is -0.118. The van der Waals surface area contributed by atoms with Gasteiger partial charge in [-0.25, -0.2) is 0 Å². The Hall–Kier alpha value is -0.420. The summed E-state index contributed by atoms with van der Waals surface area (Å²) in [6.07, 6.45) is 2.10. The highest BCUT2D eigenvalue weighted by Crippen LogP contribution is 1.83. The fraction of sp³-hybridized carbons (Fsp3) is 0.833. The molecule has 68 valence electrons. The first-order valence-electron chi connectivity index (χ1n) is 3.25. The second-order valence-corrected chi connectivity index (χ2v) is 3.44. The summed E-state index contributed by atoms with van der Waals surface area (Å²) in [6.45, 7) is 3.76. The number of carbonyl (C=O) groups excluding carboxylic acids is 1. The number of rotatable bonds is 2. The van der Waals surface area contributed by atoms with Crippen molar-refractivity contribution in [3.63, 3.8) is 0 Å². The van der Waals surface area contributed by atoms with E-state index in [1.165, 1.54) is 0 Å². The molecule has 0 aliphatic heterocycles. The van der Waals surface area contributed by atoms with Gasteiger partial charge in [0.05, 0.1) is 6.26 Å². The summed E-state index contributed by atoms with van der Waals surface area (Å²) in [5.74, 6) is 0.343. The Balaban J connectivity index is 0. The average molecular weight is 182 g/mol. The van der Waals surface area contributed by atoms with E-state index < -0.39 is 10.1 Å². The number of carbonyl (C=O) groups is 1. The molecule has 0 aliphatic rings. The van der Waals surface area contributed by atoms with Gasteiger partial charge in [-0.2, -0.15) is 8.42 Å². The van der Waals surface area contributed by atoms with E-state index in [1.807, 2.05) is 13.8 Å². The Morgan fingerprint density at radius 2 is 1.45 bits per heavy atom. The molecule has 11 heavy (non-hydrogen) atoms. The summed E-state index contributed by atoms with van der Waals surface area (Å²) < 4.78 is 25.9. The van der Waals surface area contributed by atoms with Gasteiger partial charge in [0.1, 0.15) is 5.78 Å². The fourth-order valence-corrected chi connectivity index (χ4v) is 0.250. The van der Waals surface area contributed by atoms with E-state index in [-0.39, 0.29) is 0 Å². The van der Waals surface area contributed by atoms with Gasteiger partial charge in [-0.3, -0.25) is 9.35 Å². The third kappa shape index (κ3) is 42.9. The van der Waals surface area contributed by atoms with E-state index in [0.717, 1.165) is 0 Å². The minimum absolute atomic E-state index is 0.343. The van der Waals surface area contributed by atoms with Crippen molar-refractivity contribution in [1.82, 2.24) is 0 Å². The van der Waals surface area contributed by atoms with Crippen molar-refractivity contribution < 1.29 is 17.8 Å². The molecule has 0 unspecified atom stereocenters. The number of hydrogen-bond acceptors (Lipinski definition) is 3. The lowest BCUT2D eigenvalue weighted by Crippen LogP contribution is -1.88. The second-order valence-electron chi connectivity index (χ2n) is 1.98. The van der Waals surface area contributed by atoms with Gasteiger partial charge < -0.3 is 0 Å². The zero-order valence-corrected chi connectivity index (χ0v) is 7.81. The molecule has 0 radical (unpaired) electrons. The maximum absolute atomic E-state index is 10.2. The van der Waals surface area contributed by atoms with Gasteiger partial charge in [0, 0.05) is 12.8 Å². The Bertz CT molecular complexity index is 179. The van der Waals surface area contributed by atoms with Gasteiger partial charge in [0.2, 0.25) is 0 Å². The minimum Gasteiger partial charge on any atom is -0.300 e. The van der Waals surface area contributed by atoms with Crippen molar-refractivity contribution in [1.29, 1.82) is 0 Å². The topological polar surface area (TPSA) is 71.4 Å². The summed E-state index contributed by atoms with van der Waals surface area (Å²) >= 11 is 0. The minimum atomic E-state index is -3.67. The van der Waals surface area contributed by atoms with E-state index in [1.54, 1.807) is 0 Å². The predicted octanol–water partition coefficient (Wildman–Crippen LogP) is 0.879. The maximum Gasteiger partial charge on any atom is 0.261 e. The molecule has 0 saturated heterocycles. The van der Waals surface area contributed by atoms with Crippen LogP contribution in [0.2, 0.25) is 0 Å². The van der Waals surface area contributed by atoms with E-state index in [9.17, 15) is 13.2 Å². The molecule has 0 bridgehead atoms. The normalized spacial score (nSPS) is 9.82. The Morgan fingerprint density at radius 3 is 1.45 bits per heavy atom. The van der Waals surface area contributed by atoms with Crippen LogP contribution in [0.25, 0.3) is 0 Å². The van der Waals surface area contributed by atoms with Crippen molar-refractivity contribution >= 4 is 15.9 Å². The highest BCUT2D eigenvalue weighted by atomic mass is 32.2. The van der Waals surface area contributed by atoms with Crippen molar-refractivity contribution in [2.24, 2.45) is 0 Å². The second kappa shape index (κ2) is 6.30. The van der Waals surface area contributed by atoms with E-state index in [4.69, 9.17) is 4.55 Å². The molecule has 0 saturated carbocycles. The average Bonchev–Trinajstić information content (AvgIpc) is 1.83. The van der Waals surface area contributed by atoms with Crippen LogP contribution in [0.5, 0.6) is 0 Å². The smallest absolute Gasteiger partial charge is 0.261 e. The van der Waals surface area contributed by atoms with Crippen molar-refractivity contribution in [3.05, 3.63) is 0 Å². The highest BCUT2D eigenvalue weighted by molar-refractivity contribution is 7.85. The van der Waals surface area contributed by atoms with Crippen LogP contribution in [0.3, 0.4) is 0 Å². The molecule has 0 rings (SSSR count). The van der Waals surface area contributed by atoms with Crippen LogP contribution in [-0.4, -0.2) is 25.0 Å². The van der Waals surface area contributed by atoms with Crippen molar-refractivity contribution in [2.75, 3.05) is 6.26 Å². The van der Waals surface area contributed by atoms with Crippen LogP contribution in [0, 0.1) is 0 Å². The molecule has 5 heteroatoms. The number of ketones is 1. The molecular formula is C6H14O4S. The Labute approximate surface area is 67.4 Å². The van der Waals surface area contributed by atoms with Crippen molar-refractivity contribution in [3.8, 4) is 0 Å². The summed E-state index contributed by atoms with van der Waals surface area (Å²) in [7, 11) is -3.67. The molecule has 1 N–H and O–H groups in total. The molecule has 0 aromatic heterocycles.